The Balaban J connectivity index is 2.61. The van der Waals surface area contributed by atoms with Gasteiger partial charge in [-0.05, 0) is 54.4 Å². The molecule has 238 valence electrons. The van der Waals surface area contributed by atoms with E-state index in [1.165, 1.54) is 6.33 Å². The Hall–Kier alpha value is -0.939. The van der Waals surface area contributed by atoms with Crippen molar-refractivity contribution in [3.05, 3.63) is 12.2 Å². The van der Waals surface area contributed by atoms with Crippen LogP contribution in [0.25, 0.3) is 0 Å². The highest BCUT2D eigenvalue weighted by atomic mass is 28.4. The smallest absolute Gasteiger partial charge is 0.220 e. The van der Waals surface area contributed by atoms with Gasteiger partial charge in [-0.1, -0.05) is 62.3 Å². The molecular weight excluding hydrogens is 573 g/mol. The summed E-state index contributed by atoms with van der Waals surface area (Å²) in [6, 6.07) is 0. The van der Waals surface area contributed by atoms with E-state index in [4.69, 9.17) is 23.7 Å². The van der Waals surface area contributed by atoms with E-state index in [1.54, 1.807) is 4.68 Å². The summed E-state index contributed by atoms with van der Waals surface area (Å²) in [5, 5.41) is 14.9. The van der Waals surface area contributed by atoms with Gasteiger partial charge in [-0.15, -0.1) is 0 Å². The van der Waals surface area contributed by atoms with Crippen molar-refractivity contribution in [2.24, 2.45) is 5.73 Å². The Kier molecular flexibility index (Phi) is 10.8. The number of primary amides is 1. The Bertz CT molecular complexity index is 1040. The number of amides is 1. The van der Waals surface area contributed by atoms with Gasteiger partial charge < -0.3 is 28.9 Å². The predicted molar refractivity (Wildman–Crippen MR) is 170 cm³/mol. The van der Waals surface area contributed by atoms with Crippen molar-refractivity contribution in [2.75, 3.05) is 6.61 Å². The molecule has 0 bridgehead atoms. The van der Waals surface area contributed by atoms with Crippen LogP contribution in [-0.4, -0.2) is 75.6 Å². The van der Waals surface area contributed by atoms with Crippen LogP contribution in [0.5, 0.6) is 0 Å². The van der Waals surface area contributed by atoms with Crippen LogP contribution < -0.4 is 5.73 Å². The number of nitrogens with two attached hydrogens (primary N) is 1. The molecule has 1 fully saturated rings. The van der Waals surface area contributed by atoms with E-state index in [-0.39, 0.29) is 27.4 Å². The van der Waals surface area contributed by atoms with Crippen molar-refractivity contribution in [3.63, 3.8) is 0 Å². The van der Waals surface area contributed by atoms with Gasteiger partial charge in [0.2, 0.25) is 5.91 Å². The van der Waals surface area contributed by atoms with Gasteiger partial charge in [0.15, 0.2) is 37.0 Å². The van der Waals surface area contributed by atoms with Gasteiger partial charge in [0.25, 0.3) is 0 Å². The van der Waals surface area contributed by atoms with Crippen LogP contribution >= 0.6 is 0 Å². The van der Waals surface area contributed by atoms with Gasteiger partial charge in [0.1, 0.15) is 30.7 Å². The number of hydrogen-bond donors (Lipinski definition) is 2. The molecule has 1 aliphatic rings. The summed E-state index contributed by atoms with van der Waals surface area (Å²) in [5.41, 5.74) is 5.30. The minimum atomic E-state index is -2.31. The fourth-order valence-corrected chi connectivity index (χ4v) is 7.33. The van der Waals surface area contributed by atoms with Crippen LogP contribution in [0.3, 0.4) is 0 Å². The molecule has 0 radical (unpaired) electrons. The molecule has 1 amide bonds. The summed E-state index contributed by atoms with van der Waals surface area (Å²) in [4.78, 5) is 15.7. The quantitative estimate of drug-likeness (QED) is 0.290. The first-order valence-electron chi connectivity index (χ1n) is 14.7. The first-order valence-corrected chi connectivity index (χ1v) is 23.5. The molecule has 13 heteroatoms. The van der Waals surface area contributed by atoms with Crippen LogP contribution in [-0.2, 0) is 22.8 Å². The van der Waals surface area contributed by atoms with Gasteiger partial charge in [-0.3, -0.25) is 4.79 Å². The summed E-state index contributed by atoms with van der Waals surface area (Å²) >= 11 is 0. The van der Waals surface area contributed by atoms with E-state index in [0.717, 1.165) is 0 Å². The average Bonchev–Trinajstić information content (AvgIpc) is 3.35. The molecule has 1 aliphatic heterocycles. The van der Waals surface area contributed by atoms with Crippen molar-refractivity contribution in [3.8, 4) is 0 Å². The van der Waals surface area contributed by atoms with Crippen LogP contribution in [0.4, 0.5) is 0 Å². The van der Waals surface area contributed by atoms with Gasteiger partial charge in [-0.25, -0.2) is 9.67 Å². The summed E-state index contributed by atoms with van der Waals surface area (Å²) in [6.07, 6.45) is -1.89. The van der Waals surface area contributed by atoms with Crippen LogP contribution in [0, 0.1) is 0 Å². The Morgan fingerprint density at radius 2 is 1.39 bits per heavy atom. The molecule has 0 aliphatic carbocycles. The van der Waals surface area contributed by atoms with Gasteiger partial charge in [0.05, 0.1) is 13.0 Å². The summed E-state index contributed by atoms with van der Waals surface area (Å²) in [7, 11) is -6.68. The lowest BCUT2D eigenvalue weighted by Gasteiger charge is -2.44. The molecule has 5 atom stereocenters. The van der Waals surface area contributed by atoms with Gasteiger partial charge in [0, 0.05) is 0 Å². The third kappa shape index (κ3) is 8.58. The lowest BCUT2D eigenvalue weighted by molar-refractivity contribution is -0.120. The molecule has 1 aromatic heterocycles. The molecule has 1 saturated heterocycles. The normalized spacial score (nSPS) is 24.1. The molecule has 2 heterocycles. The molecule has 0 aromatic carbocycles. The number of rotatable bonds is 11. The molecule has 3 N–H and O–H groups in total. The zero-order chi connectivity index (χ0) is 32.0. The fourth-order valence-electron chi connectivity index (χ4n) is 3.71. The van der Waals surface area contributed by atoms with E-state index >= 15 is 0 Å². The van der Waals surface area contributed by atoms with Crippen LogP contribution in [0.2, 0.25) is 54.4 Å². The summed E-state index contributed by atoms with van der Waals surface area (Å²) in [5.74, 6) is -0.517. The highest BCUT2D eigenvalue weighted by molar-refractivity contribution is 6.75. The van der Waals surface area contributed by atoms with Gasteiger partial charge in [-0.2, -0.15) is 5.10 Å². The maximum Gasteiger partial charge on any atom is 0.220 e. The minimum Gasteiger partial charge on any atom is -0.414 e. The van der Waals surface area contributed by atoms with E-state index in [2.05, 4.69) is 112 Å². The first kappa shape index (κ1) is 36.3. The van der Waals surface area contributed by atoms with E-state index in [0.29, 0.717) is 6.61 Å². The zero-order valence-electron chi connectivity index (χ0n) is 28.3. The zero-order valence-corrected chi connectivity index (χ0v) is 31.3. The number of ether oxygens (including phenoxy) is 1. The van der Waals surface area contributed by atoms with Gasteiger partial charge >= 0.3 is 0 Å². The molecule has 10 nitrogen and oxygen atoms in total. The van der Waals surface area contributed by atoms with Crippen LogP contribution in [0.1, 0.15) is 86.9 Å². The number of aliphatic hydroxyl groups is 1. The number of aliphatic hydroxyl groups excluding tert-OH is 1. The molecule has 2 unspecified atom stereocenters. The fraction of sp³-hybridized carbons (Fsp3) is 0.893. The second-order valence-corrected chi connectivity index (χ2v) is 30.4. The van der Waals surface area contributed by atoms with E-state index in [1.807, 2.05) is 0 Å². The Morgan fingerprint density at radius 3 is 1.83 bits per heavy atom. The predicted octanol–water partition coefficient (Wildman–Crippen LogP) is 5.89. The second-order valence-electron chi connectivity index (χ2n) is 16.1. The van der Waals surface area contributed by atoms with Crippen molar-refractivity contribution >= 4 is 30.9 Å². The molecule has 0 saturated carbocycles. The number of carbonyl (C=O) groups excluding carboxylic acids is 1. The maximum absolute atomic E-state index is 11.4. The highest BCUT2D eigenvalue weighted by Crippen LogP contribution is 2.46. The van der Waals surface area contributed by atoms with E-state index in [9.17, 15) is 9.90 Å². The maximum atomic E-state index is 11.4. The largest absolute Gasteiger partial charge is 0.414 e. The molecule has 41 heavy (non-hydrogen) atoms. The van der Waals surface area contributed by atoms with Crippen molar-refractivity contribution < 1.29 is 27.9 Å². The Morgan fingerprint density at radius 1 is 0.927 bits per heavy atom. The van der Waals surface area contributed by atoms with Crippen molar-refractivity contribution in [1.29, 1.82) is 0 Å². The molecule has 2 rings (SSSR count). The molecular formula is C28H58N4O6Si3. The highest BCUT2D eigenvalue weighted by Gasteiger charge is 2.55. The summed E-state index contributed by atoms with van der Waals surface area (Å²) in [6.45, 7) is 33.7. The number of carbonyl (C=O) groups is 1. The average molecular weight is 631 g/mol. The monoisotopic (exact) mass is 630 g/mol. The topological polar surface area (TPSA) is 131 Å². The van der Waals surface area contributed by atoms with Crippen molar-refractivity contribution in [1.82, 2.24) is 14.8 Å². The standard InChI is InChI=1S/C28H58N4O6Si3/c1-26(2,3)39(10,11)35-17-20-22(37-40(12,13)27(4,5)6)23(38-41(14,15)28(7,8)9)25(36-20)32-18-30-24(31-32)19(33)16-21(29)34/h18-20,22-23,25,33H,16-17H2,1-15H3,(H2,29,34)/t19?,20-,22?,23+,25-/m1/s1. The summed E-state index contributed by atoms with van der Waals surface area (Å²) < 4.78 is 29.3. The third-order valence-corrected chi connectivity index (χ3v) is 23.1. The lowest BCUT2D eigenvalue weighted by atomic mass is 10.1. The lowest BCUT2D eigenvalue weighted by Crippen LogP contribution is -2.54. The number of aromatic nitrogens is 3. The third-order valence-electron chi connectivity index (χ3n) is 9.65. The molecule has 1 aromatic rings. The first-order chi connectivity index (χ1) is 18.2. The Labute approximate surface area is 251 Å². The van der Waals surface area contributed by atoms with E-state index < -0.39 is 61.5 Å². The number of nitrogens with zero attached hydrogens (tertiary/aromatic N) is 3. The minimum absolute atomic E-state index is 0.0310. The van der Waals surface area contributed by atoms with Crippen molar-refractivity contribution in [2.45, 2.75) is 154 Å². The number of hydrogen-bond acceptors (Lipinski definition) is 8. The van der Waals surface area contributed by atoms with Crippen LogP contribution in [0.15, 0.2) is 6.33 Å². The molecule has 0 spiro atoms. The second kappa shape index (κ2) is 12.2. The SMILES string of the molecule is CC(C)(C)[Si](C)(C)OC[C@H]1O[C@@H](n2cnc(C(O)CC(N)=O)n2)[C@@H](O[Si](C)(C)C(C)(C)C)C1O[Si](C)(C)C(C)(C)C.